The van der Waals surface area contributed by atoms with Crippen LogP contribution in [0, 0.1) is 11.3 Å². The summed E-state index contributed by atoms with van der Waals surface area (Å²) in [5.74, 6) is 0.580. The summed E-state index contributed by atoms with van der Waals surface area (Å²) in [6.45, 7) is 0. The van der Waals surface area contributed by atoms with Gasteiger partial charge in [0.25, 0.3) is 0 Å². The van der Waals surface area contributed by atoms with Gasteiger partial charge in [0.2, 0.25) is 0 Å². The van der Waals surface area contributed by atoms with Gasteiger partial charge < -0.3 is 14.6 Å². The normalized spacial score (nSPS) is 9.83. The van der Waals surface area contributed by atoms with Crippen LogP contribution in [0.15, 0.2) is 12.1 Å². The fourth-order valence-corrected chi connectivity index (χ4v) is 1.56. The molecule has 0 spiro atoms. The van der Waals surface area contributed by atoms with E-state index in [1.165, 1.54) is 26.4 Å². The third-order valence-corrected chi connectivity index (χ3v) is 2.41. The Morgan fingerprint density at radius 1 is 1.22 bits per heavy atom. The van der Waals surface area contributed by atoms with Crippen molar-refractivity contribution in [3.63, 3.8) is 0 Å². The topological polar surface area (TPSA) is 104 Å². The van der Waals surface area contributed by atoms with Gasteiger partial charge in [-0.25, -0.2) is 0 Å². The third kappa shape index (κ3) is 1.80. The van der Waals surface area contributed by atoms with Crippen LogP contribution in [-0.2, 0) is 0 Å². The fraction of sp³-hybridized carbons (Fsp3) is 0.182. The molecule has 0 saturated carbocycles. The van der Waals surface area contributed by atoms with Crippen molar-refractivity contribution in [2.45, 2.75) is 0 Å². The summed E-state index contributed by atoms with van der Waals surface area (Å²) in [7, 11) is 2.89. The highest BCUT2D eigenvalue weighted by Gasteiger charge is 2.18. The van der Waals surface area contributed by atoms with Gasteiger partial charge in [0.05, 0.1) is 19.8 Å². The van der Waals surface area contributed by atoms with Crippen LogP contribution >= 0.6 is 0 Å². The Labute approximate surface area is 103 Å². The number of aromatic nitrogens is 3. The molecule has 0 amide bonds. The molecule has 2 N–H and O–H groups in total. The smallest absolute Gasteiger partial charge is 0.190 e. The first-order valence-electron chi connectivity index (χ1n) is 4.97. The fourth-order valence-electron chi connectivity index (χ4n) is 1.56. The average Bonchev–Trinajstić information content (AvgIpc) is 2.86. The van der Waals surface area contributed by atoms with Crippen LogP contribution in [0.1, 0.15) is 5.69 Å². The molecule has 0 radical (unpaired) electrons. The van der Waals surface area contributed by atoms with E-state index in [1.807, 2.05) is 6.07 Å². The van der Waals surface area contributed by atoms with Crippen LogP contribution in [0.2, 0.25) is 0 Å². The number of nitrogens with one attached hydrogen (secondary N) is 1. The molecule has 0 unspecified atom stereocenters. The van der Waals surface area contributed by atoms with Crippen molar-refractivity contribution in [1.82, 2.24) is 15.4 Å². The van der Waals surface area contributed by atoms with Crippen LogP contribution < -0.4 is 9.47 Å². The molecule has 0 saturated heterocycles. The number of nitriles is 1. The van der Waals surface area contributed by atoms with E-state index in [2.05, 4.69) is 15.4 Å². The van der Waals surface area contributed by atoms with Crippen molar-refractivity contribution in [3.8, 4) is 34.6 Å². The lowest BCUT2D eigenvalue weighted by atomic mass is 10.1. The highest BCUT2D eigenvalue weighted by molar-refractivity contribution is 5.74. The minimum absolute atomic E-state index is 0.0555. The molecule has 0 fully saturated rings. The van der Waals surface area contributed by atoms with Crippen LogP contribution in [0.25, 0.3) is 11.3 Å². The van der Waals surface area contributed by atoms with E-state index in [9.17, 15) is 5.11 Å². The molecule has 0 bridgehead atoms. The maximum Gasteiger partial charge on any atom is 0.190 e. The number of methoxy groups -OCH3 is 2. The number of H-pyrrole nitrogens is 1. The van der Waals surface area contributed by atoms with E-state index in [0.717, 1.165) is 0 Å². The second kappa shape index (κ2) is 4.63. The molecule has 0 atom stereocenters. The number of benzene rings is 1. The van der Waals surface area contributed by atoms with Crippen LogP contribution in [0.3, 0.4) is 0 Å². The Morgan fingerprint density at radius 3 is 2.56 bits per heavy atom. The van der Waals surface area contributed by atoms with Crippen LogP contribution in [0.4, 0.5) is 0 Å². The maximum atomic E-state index is 9.66. The number of nitrogens with zero attached hydrogens (tertiary/aromatic N) is 3. The Balaban J connectivity index is 2.66. The SMILES string of the molecule is COc1cc(-c2n[nH]nc2C#N)c(OC)cc1O. The molecule has 1 aromatic heterocycles. The number of phenols is 1. The zero-order valence-corrected chi connectivity index (χ0v) is 9.76. The molecule has 1 aromatic carbocycles. The minimum Gasteiger partial charge on any atom is -0.504 e. The van der Waals surface area contributed by atoms with Gasteiger partial charge in [-0.1, -0.05) is 0 Å². The molecule has 2 rings (SSSR count). The molecule has 7 nitrogen and oxygen atoms in total. The van der Waals surface area contributed by atoms with Crippen molar-refractivity contribution < 1.29 is 14.6 Å². The van der Waals surface area contributed by atoms with Gasteiger partial charge in [-0.15, -0.1) is 5.10 Å². The molecule has 2 aromatic rings. The molecular weight excluding hydrogens is 236 g/mol. The summed E-state index contributed by atoms with van der Waals surface area (Å²) in [5.41, 5.74) is 0.992. The Hall–Kier alpha value is -2.75. The van der Waals surface area contributed by atoms with E-state index < -0.39 is 0 Å². The summed E-state index contributed by atoms with van der Waals surface area (Å²) in [6.07, 6.45) is 0. The molecule has 1 heterocycles. The lowest BCUT2D eigenvalue weighted by molar-refractivity contribution is 0.366. The second-order valence-corrected chi connectivity index (χ2v) is 3.36. The summed E-state index contributed by atoms with van der Waals surface area (Å²) < 4.78 is 10.2. The molecular formula is C11H10N4O3. The zero-order valence-electron chi connectivity index (χ0n) is 9.76. The summed E-state index contributed by atoms with van der Waals surface area (Å²) in [6, 6.07) is 4.84. The van der Waals surface area contributed by atoms with Gasteiger partial charge in [0, 0.05) is 6.07 Å². The molecule has 18 heavy (non-hydrogen) atoms. The summed E-state index contributed by atoms with van der Waals surface area (Å²) in [5, 5.41) is 28.5. The minimum atomic E-state index is -0.0555. The summed E-state index contributed by atoms with van der Waals surface area (Å²) >= 11 is 0. The predicted molar refractivity (Wildman–Crippen MR) is 61.3 cm³/mol. The molecule has 92 valence electrons. The van der Waals surface area contributed by atoms with Crippen LogP contribution in [0.5, 0.6) is 17.2 Å². The highest BCUT2D eigenvalue weighted by atomic mass is 16.5. The highest BCUT2D eigenvalue weighted by Crippen LogP contribution is 2.39. The molecule has 7 heteroatoms. The van der Waals surface area contributed by atoms with Crippen molar-refractivity contribution in [1.29, 1.82) is 5.26 Å². The lowest BCUT2D eigenvalue weighted by Gasteiger charge is -2.10. The van der Waals surface area contributed by atoms with Gasteiger partial charge in [-0.2, -0.15) is 15.6 Å². The van der Waals surface area contributed by atoms with Gasteiger partial charge in [0.1, 0.15) is 17.5 Å². The number of rotatable bonds is 3. The molecule has 0 aliphatic carbocycles. The van der Waals surface area contributed by atoms with Gasteiger partial charge in [-0.3, -0.25) is 0 Å². The first kappa shape index (κ1) is 11.7. The van der Waals surface area contributed by atoms with Gasteiger partial charge >= 0.3 is 0 Å². The number of ether oxygens (including phenoxy) is 2. The van der Waals surface area contributed by atoms with Crippen molar-refractivity contribution in [2.75, 3.05) is 14.2 Å². The van der Waals surface area contributed by atoms with Crippen molar-refractivity contribution >= 4 is 0 Å². The van der Waals surface area contributed by atoms with Crippen LogP contribution in [-0.4, -0.2) is 34.7 Å². The Kier molecular flexibility index (Phi) is 3.02. The van der Waals surface area contributed by atoms with E-state index in [-0.39, 0.29) is 17.2 Å². The number of hydrogen-bond acceptors (Lipinski definition) is 6. The second-order valence-electron chi connectivity index (χ2n) is 3.36. The number of aromatic hydroxyl groups is 1. The van der Waals surface area contributed by atoms with Crippen molar-refractivity contribution in [2.24, 2.45) is 0 Å². The first-order valence-corrected chi connectivity index (χ1v) is 4.97. The quantitative estimate of drug-likeness (QED) is 0.839. The van der Waals surface area contributed by atoms with Crippen molar-refractivity contribution in [3.05, 3.63) is 17.8 Å². The van der Waals surface area contributed by atoms with E-state index >= 15 is 0 Å². The summed E-state index contributed by atoms with van der Waals surface area (Å²) in [4.78, 5) is 0. The lowest BCUT2D eigenvalue weighted by Crippen LogP contribution is -1.93. The predicted octanol–water partition coefficient (Wildman–Crippen LogP) is 1.07. The molecule has 0 aliphatic rings. The number of phenolic OH excluding ortho intramolecular Hbond substituents is 1. The van der Waals surface area contributed by atoms with E-state index in [4.69, 9.17) is 14.7 Å². The monoisotopic (exact) mass is 246 g/mol. The molecule has 0 aliphatic heterocycles. The number of aromatic amines is 1. The average molecular weight is 246 g/mol. The van der Waals surface area contributed by atoms with E-state index in [1.54, 1.807) is 0 Å². The Morgan fingerprint density at radius 2 is 1.94 bits per heavy atom. The van der Waals surface area contributed by atoms with Gasteiger partial charge in [-0.05, 0) is 6.07 Å². The zero-order chi connectivity index (χ0) is 13.1. The number of hydrogen-bond donors (Lipinski definition) is 2. The largest absolute Gasteiger partial charge is 0.504 e. The first-order chi connectivity index (χ1) is 8.71. The van der Waals surface area contributed by atoms with Gasteiger partial charge in [0.15, 0.2) is 17.2 Å². The Bertz CT molecular complexity index is 615. The third-order valence-electron chi connectivity index (χ3n) is 2.41. The maximum absolute atomic E-state index is 9.66. The van der Waals surface area contributed by atoms with E-state index in [0.29, 0.717) is 17.0 Å². The standard InChI is InChI=1S/C11H10N4O3/c1-17-9-4-8(16)10(18-2)3-6(9)11-7(5-12)13-15-14-11/h3-4,16H,1-2H3,(H,13,14,15).